The molecule has 1 aromatic rings. The van der Waals surface area contributed by atoms with Crippen molar-refractivity contribution < 1.29 is 9.47 Å². The number of hydrogen-bond donors (Lipinski definition) is 1. The van der Waals surface area contributed by atoms with Gasteiger partial charge in [-0.3, -0.25) is 0 Å². The highest BCUT2D eigenvalue weighted by molar-refractivity contribution is 5.54. The number of ether oxygens (including phenoxy) is 2. The van der Waals surface area contributed by atoms with E-state index in [1.165, 1.54) is 24.0 Å². The Hall–Kier alpha value is -1.22. The van der Waals surface area contributed by atoms with Crippen LogP contribution in [0.4, 0.5) is 0 Å². The zero-order valence-electron chi connectivity index (χ0n) is 10.5. The number of rotatable bonds is 3. The van der Waals surface area contributed by atoms with Crippen molar-refractivity contribution in [2.45, 2.75) is 37.7 Å². The van der Waals surface area contributed by atoms with Crippen LogP contribution in [0.25, 0.3) is 0 Å². The molecule has 1 heterocycles. The number of benzene rings is 1. The Morgan fingerprint density at radius 3 is 2.82 bits per heavy atom. The summed E-state index contributed by atoms with van der Waals surface area (Å²) in [6, 6.07) is 4.37. The van der Waals surface area contributed by atoms with Crippen LogP contribution in [0, 0.1) is 0 Å². The second-order valence-electron chi connectivity index (χ2n) is 5.28. The Morgan fingerprint density at radius 2 is 2.24 bits per heavy atom. The molecule has 17 heavy (non-hydrogen) atoms. The lowest BCUT2D eigenvalue weighted by atomic mass is 9.93. The molecule has 0 spiro atoms. The van der Waals surface area contributed by atoms with E-state index in [-0.39, 0.29) is 11.5 Å². The predicted molar refractivity (Wildman–Crippen MR) is 66.8 cm³/mol. The maximum Gasteiger partial charge on any atom is 0.164 e. The molecule has 3 nitrogen and oxygen atoms in total. The molecule has 3 rings (SSSR count). The molecule has 0 amide bonds. The van der Waals surface area contributed by atoms with Gasteiger partial charge in [-0.15, -0.1) is 0 Å². The SMILES string of the molecule is COc1cc(C2(CN)CC2)cc2c1OC(C)C2. The van der Waals surface area contributed by atoms with Crippen LogP contribution in [-0.2, 0) is 11.8 Å². The quantitative estimate of drug-likeness (QED) is 0.868. The van der Waals surface area contributed by atoms with Gasteiger partial charge in [-0.2, -0.15) is 0 Å². The second kappa shape index (κ2) is 3.64. The Labute approximate surface area is 102 Å². The molecule has 1 aliphatic carbocycles. The van der Waals surface area contributed by atoms with Gasteiger partial charge in [0.15, 0.2) is 11.5 Å². The zero-order valence-corrected chi connectivity index (χ0v) is 10.5. The summed E-state index contributed by atoms with van der Waals surface area (Å²) in [6.07, 6.45) is 3.62. The molecule has 1 unspecified atom stereocenters. The van der Waals surface area contributed by atoms with Crippen LogP contribution in [0.2, 0.25) is 0 Å². The van der Waals surface area contributed by atoms with E-state index in [9.17, 15) is 0 Å². The highest BCUT2D eigenvalue weighted by Gasteiger charge is 2.44. The van der Waals surface area contributed by atoms with Gasteiger partial charge < -0.3 is 15.2 Å². The largest absolute Gasteiger partial charge is 0.493 e. The molecule has 2 N–H and O–H groups in total. The highest BCUT2D eigenvalue weighted by atomic mass is 16.5. The molecule has 2 aliphatic rings. The first kappa shape index (κ1) is 10.9. The van der Waals surface area contributed by atoms with Crippen molar-refractivity contribution in [3.63, 3.8) is 0 Å². The van der Waals surface area contributed by atoms with Crippen molar-refractivity contribution in [3.05, 3.63) is 23.3 Å². The van der Waals surface area contributed by atoms with E-state index in [0.29, 0.717) is 0 Å². The van der Waals surface area contributed by atoms with Gasteiger partial charge in [-0.1, -0.05) is 6.07 Å². The Balaban J connectivity index is 2.06. The van der Waals surface area contributed by atoms with Gasteiger partial charge in [0.1, 0.15) is 6.10 Å². The summed E-state index contributed by atoms with van der Waals surface area (Å²) >= 11 is 0. The monoisotopic (exact) mass is 233 g/mol. The molecule has 3 heteroatoms. The fraction of sp³-hybridized carbons (Fsp3) is 0.571. The third-order valence-electron chi connectivity index (χ3n) is 4.03. The molecule has 1 saturated carbocycles. The minimum Gasteiger partial charge on any atom is -0.493 e. The normalized spacial score (nSPS) is 24.1. The number of nitrogens with two attached hydrogens (primary N) is 1. The molecule has 1 aromatic carbocycles. The Kier molecular flexibility index (Phi) is 2.33. The van der Waals surface area contributed by atoms with Gasteiger partial charge in [0, 0.05) is 23.9 Å². The first-order valence-electron chi connectivity index (χ1n) is 6.26. The maximum absolute atomic E-state index is 5.89. The van der Waals surface area contributed by atoms with Crippen molar-refractivity contribution in [3.8, 4) is 11.5 Å². The molecule has 1 aliphatic heterocycles. The van der Waals surface area contributed by atoms with Crippen LogP contribution in [0.5, 0.6) is 11.5 Å². The van der Waals surface area contributed by atoms with Crippen LogP contribution in [-0.4, -0.2) is 19.8 Å². The molecular formula is C14H19NO2. The van der Waals surface area contributed by atoms with E-state index in [1.807, 2.05) is 0 Å². The summed E-state index contributed by atoms with van der Waals surface area (Å²) < 4.78 is 11.2. The van der Waals surface area contributed by atoms with Crippen LogP contribution >= 0.6 is 0 Å². The van der Waals surface area contributed by atoms with E-state index in [0.717, 1.165) is 24.5 Å². The Bertz CT molecular complexity index is 452. The van der Waals surface area contributed by atoms with Gasteiger partial charge in [0.25, 0.3) is 0 Å². The molecule has 1 fully saturated rings. The average molecular weight is 233 g/mol. The summed E-state index contributed by atoms with van der Waals surface area (Å²) in [4.78, 5) is 0. The summed E-state index contributed by atoms with van der Waals surface area (Å²) in [5.41, 5.74) is 8.71. The zero-order chi connectivity index (χ0) is 12.0. The van der Waals surface area contributed by atoms with E-state index in [1.54, 1.807) is 7.11 Å². The fourth-order valence-corrected chi connectivity index (χ4v) is 2.72. The minimum absolute atomic E-state index is 0.216. The van der Waals surface area contributed by atoms with Gasteiger partial charge in [-0.05, 0) is 31.4 Å². The van der Waals surface area contributed by atoms with Gasteiger partial charge >= 0.3 is 0 Å². The summed E-state index contributed by atoms with van der Waals surface area (Å²) in [5.74, 6) is 1.79. The van der Waals surface area contributed by atoms with Gasteiger partial charge in [0.05, 0.1) is 7.11 Å². The van der Waals surface area contributed by atoms with Crippen LogP contribution in [0.15, 0.2) is 12.1 Å². The number of fused-ring (bicyclic) bond motifs is 1. The molecule has 0 saturated heterocycles. The smallest absolute Gasteiger partial charge is 0.164 e. The topological polar surface area (TPSA) is 44.5 Å². The average Bonchev–Trinajstić information content (AvgIpc) is 3.04. The van der Waals surface area contributed by atoms with Crippen molar-refractivity contribution in [1.29, 1.82) is 0 Å². The molecule has 0 radical (unpaired) electrons. The molecule has 0 bridgehead atoms. The third-order valence-corrected chi connectivity index (χ3v) is 4.03. The molecule has 0 aromatic heterocycles. The molecular weight excluding hydrogens is 214 g/mol. The number of methoxy groups -OCH3 is 1. The van der Waals surface area contributed by atoms with Gasteiger partial charge in [0.2, 0.25) is 0 Å². The van der Waals surface area contributed by atoms with Crippen molar-refractivity contribution in [1.82, 2.24) is 0 Å². The first-order valence-corrected chi connectivity index (χ1v) is 6.26. The fourth-order valence-electron chi connectivity index (χ4n) is 2.72. The molecule has 1 atom stereocenters. The standard InChI is InChI=1S/C14H19NO2/c1-9-5-10-6-11(14(8-15)3-4-14)7-12(16-2)13(10)17-9/h6-7,9H,3-5,8,15H2,1-2H3. The summed E-state index contributed by atoms with van der Waals surface area (Å²) in [7, 11) is 1.70. The van der Waals surface area contributed by atoms with Gasteiger partial charge in [-0.25, -0.2) is 0 Å². The van der Waals surface area contributed by atoms with E-state index < -0.39 is 0 Å². The van der Waals surface area contributed by atoms with Crippen molar-refractivity contribution in [2.24, 2.45) is 5.73 Å². The third kappa shape index (κ3) is 1.61. The lowest BCUT2D eigenvalue weighted by Gasteiger charge is -2.16. The van der Waals surface area contributed by atoms with Crippen molar-refractivity contribution in [2.75, 3.05) is 13.7 Å². The maximum atomic E-state index is 5.89. The van der Waals surface area contributed by atoms with E-state index >= 15 is 0 Å². The van der Waals surface area contributed by atoms with Crippen molar-refractivity contribution >= 4 is 0 Å². The van der Waals surface area contributed by atoms with E-state index in [4.69, 9.17) is 15.2 Å². The van der Waals surface area contributed by atoms with Crippen LogP contribution in [0.3, 0.4) is 0 Å². The van der Waals surface area contributed by atoms with Crippen LogP contribution in [0.1, 0.15) is 30.9 Å². The summed E-state index contributed by atoms with van der Waals surface area (Å²) in [6.45, 7) is 2.82. The molecule has 92 valence electrons. The summed E-state index contributed by atoms with van der Waals surface area (Å²) in [5, 5.41) is 0. The van der Waals surface area contributed by atoms with E-state index in [2.05, 4.69) is 19.1 Å². The predicted octanol–water partition coefficient (Wildman–Crippen LogP) is 2.01. The Morgan fingerprint density at radius 1 is 1.47 bits per heavy atom. The van der Waals surface area contributed by atoms with Crippen LogP contribution < -0.4 is 15.2 Å². The lowest BCUT2D eigenvalue weighted by Crippen LogP contribution is -2.19. The highest BCUT2D eigenvalue weighted by Crippen LogP contribution is 2.50. The minimum atomic E-state index is 0.216. The first-order chi connectivity index (χ1) is 8.18. The number of hydrogen-bond acceptors (Lipinski definition) is 3. The lowest BCUT2D eigenvalue weighted by molar-refractivity contribution is 0.243. The second-order valence-corrected chi connectivity index (χ2v) is 5.28.